The van der Waals surface area contributed by atoms with Crippen molar-refractivity contribution < 1.29 is 4.74 Å². The van der Waals surface area contributed by atoms with Crippen LogP contribution < -0.4 is 20.3 Å². The van der Waals surface area contributed by atoms with E-state index in [4.69, 9.17) is 17.0 Å². The van der Waals surface area contributed by atoms with Gasteiger partial charge in [-0.25, -0.2) is 0 Å². The zero-order chi connectivity index (χ0) is 20.6. The van der Waals surface area contributed by atoms with Gasteiger partial charge in [-0.1, -0.05) is 42.5 Å². The maximum atomic E-state index is 5.75. The van der Waals surface area contributed by atoms with Gasteiger partial charge in [0, 0.05) is 48.4 Å². The van der Waals surface area contributed by atoms with Crippen molar-refractivity contribution in [3.05, 3.63) is 59.2 Å². The standard InChI is InChI=1S/C24H31N3OS.2ClH/c1-24(2)18-13-17(21(28-4)14-20(18)27(3)23(24)29)15-26-19-11-8-12-25-22(19)16-9-6-5-7-10-16;;/h5-7,9-10,13-14,19,22,25-26H,8,11-12,15H2,1-4H3;2*1H/t19-,22-;;/m0../s1. The number of fused-ring (bicyclic) bond motifs is 1. The number of methoxy groups -OCH3 is 1. The van der Waals surface area contributed by atoms with Crippen molar-refractivity contribution in [3.63, 3.8) is 0 Å². The van der Waals surface area contributed by atoms with Crippen molar-refractivity contribution >= 4 is 47.7 Å². The van der Waals surface area contributed by atoms with Crippen LogP contribution in [0.2, 0.25) is 0 Å². The van der Waals surface area contributed by atoms with Crippen LogP contribution >= 0.6 is 37.0 Å². The molecule has 0 saturated carbocycles. The number of hydrogen-bond acceptors (Lipinski definition) is 4. The van der Waals surface area contributed by atoms with Gasteiger partial charge in [-0.3, -0.25) is 0 Å². The molecule has 1 fully saturated rings. The average molecular weight is 483 g/mol. The zero-order valence-corrected chi connectivity index (χ0v) is 21.1. The van der Waals surface area contributed by atoms with E-state index >= 15 is 0 Å². The number of hydrogen-bond donors (Lipinski definition) is 2. The fourth-order valence-corrected chi connectivity index (χ4v) is 4.93. The van der Waals surface area contributed by atoms with Gasteiger partial charge in [-0.2, -0.15) is 0 Å². The molecule has 2 heterocycles. The predicted molar refractivity (Wildman–Crippen MR) is 139 cm³/mol. The number of anilines is 1. The molecule has 0 radical (unpaired) electrons. The molecule has 2 aliphatic rings. The molecule has 7 heteroatoms. The topological polar surface area (TPSA) is 36.5 Å². The fourth-order valence-electron chi connectivity index (χ4n) is 4.72. The first-order valence-electron chi connectivity index (χ1n) is 10.4. The highest BCUT2D eigenvalue weighted by molar-refractivity contribution is 7.80. The van der Waals surface area contributed by atoms with Gasteiger partial charge in [-0.05, 0) is 50.4 Å². The summed E-state index contributed by atoms with van der Waals surface area (Å²) >= 11 is 5.70. The molecule has 2 aromatic carbocycles. The molecule has 4 nitrogen and oxygen atoms in total. The molecule has 0 bridgehead atoms. The van der Waals surface area contributed by atoms with Crippen molar-refractivity contribution in [2.75, 3.05) is 25.6 Å². The molecule has 2 atom stereocenters. The molecule has 4 rings (SSSR count). The van der Waals surface area contributed by atoms with Crippen LogP contribution in [-0.2, 0) is 12.0 Å². The van der Waals surface area contributed by atoms with E-state index in [1.165, 1.54) is 23.1 Å². The summed E-state index contributed by atoms with van der Waals surface area (Å²) in [5.41, 5.74) is 4.83. The van der Waals surface area contributed by atoms with E-state index in [1.807, 2.05) is 7.05 Å². The number of piperidine rings is 1. The van der Waals surface area contributed by atoms with Crippen molar-refractivity contribution in [1.29, 1.82) is 0 Å². The smallest absolute Gasteiger partial charge is 0.125 e. The Balaban J connectivity index is 0.00000171. The van der Waals surface area contributed by atoms with E-state index in [-0.39, 0.29) is 30.2 Å². The SMILES string of the molecule is COc1cc2c(cc1CN[C@H]1CCCN[C@H]1c1ccccc1)C(C)(C)C(=S)N2C.Cl.Cl. The molecular weight excluding hydrogens is 449 g/mol. The summed E-state index contributed by atoms with van der Waals surface area (Å²) in [4.78, 5) is 3.07. The highest BCUT2D eigenvalue weighted by atomic mass is 35.5. The molecule has 0 unspecified atom stereocenters. The van der Waals surface area contributed by atoms with Crippen LogP contribution in [0.4, 0.5) is 5.69 Å². The summed E-state index contributed by atoms with van der Waals surface area (Å²) in [6.45, 7) is 6.26. The minimum atomic E-state index is -0.139. The molecule has 170 valence electrons. The number of ether oxygens (including phenoxy) is 1. The van der Waals surface area contributed by atoms with Gasteiger partial charge >= 0.3 is 0 Å². The molecule has 0 amide bonds. The second kappa shape index (κ2) is 10.5. The normalized spacial score (nSPS) is 21.7. The Morgan fingerprint density at radius 3 is 2.58 bits per heavy atom. The second-order valence-electron chi connectivity index (χ2n) is 8.64. The van der Waals surface area contributed by atoms with E-state index in [0.717, 1.165) is 35.9 Å². The summed E-state index contributed by atoms with van der Waals surface area (Å²) in [6, 6.07) is 15.9. The molecule has 2 N–H and O–H groups in total. The first-order chi connectivity index (χ1) is 13.9. The first kappa shape index (κ1) is 25.9. The van der Waals surface area contributed by atoms with E-state index in [9.17, 15) is 0 Å². The summed E-state index contributed by atoms with van der Waals surface area (Å²) in [5.74, 6) is 0.920. The predicted octanol–water partition coefficient (Wildman–Crippen LogP) is 5.18. The number of likely N-dealkylation sites (N-methyl/N-ethyl adjacent to an activating group) is 1. The third kappa shape index (κ3) is 4.86. The molecule has 2 aliphatic heterocycles. The van der Waals surface area contributed by atoms with Gasteiger partial charge < -0.3 is 20.3 Å². The number of benzene rings is 2. The lowest BCUT2D eigenvalue weighted by Crippen LogP contribution is -2.45. The van der Waals surface area contributed by atoms with Crippen LogP contribution in [0.1, 0.15) is 49.4 Å². The number of nitrogens with zero attached hydrogens (tertiary/aromatic N) is 1. The minimum absolute atomic E-state index is 0. The molecule has 0 aromatic heterocycles. The zero-order valence-electron chi connectivity index (χ0n) is 18.6. The molecule has 1 saturated heterocycles. The lowest BCUT2D eigenvalue weighted by atomic mass is 9.85. The summed E-state index contributed by atoms with van der Waals surface area (Å²) in [7, 11) is 3.80. The van der Waals surface area contributed by atoms with E-state index < -0.39 is 0 Å². The Kier molecular flexibility index (Phi) is 8.77. The maximum absolute atomic E-state index is 5.75. The molecule has 0 aliphatic carbocycles. The molecular formula is C24H33Cl2N3OS. The van der Waals surface area contributed by atoms with Crippen molar-refractivity contribution in [1.82, 2.24) is 10.6 Å². The summed E-state index contributed by atoms with van der Waals surface area (Å²) in [6.07, 6.45) is 2.35. The Bertz CT molecular complexity index is 907. The number of halogens is 2. The number of thiocarbonyl (C=S) groups is 1. The Labute approximate surface area is 203 Å². The van der Waals surface area contributed by atoms with Crippen LogP contribution in [0.5, 0.6) is 5.75 Å². The van der Waals surface area contributed by atoms with E-state index in [2.05, 4.69) is 71.8 Å². The maximum Gasteiger partial charge on any atom is 0.125 e. The van der Waals surface area contributed by atoms with Crippen molar-refractivity contribution in [3.8, 4) is 5.75 Å². The van der Waals surface area contributed by atoms with Gasteiger partial charge in [0.1, 0.15) is 5.75 Å². The van der Waals surface area contributed by atoms with Crippen molar-refractivity contribution in [2.24, 2.45) is 0 Å². The molecule has 31 heavy (non-hydrogen) atoms. The first-order valence-corrected chi connectivity index (χ1v) is 10.9. The minimum Gasteiger partial charge on any atom is -0.496 e. The van der Waals surface area contributed by atoms with Gasteiger partial charge in [-0.15, -0.1) is 24.8 Å². The highest BCUT2D eigenvalue weighted by Crippen LogP contribution is 2.44. The molecule has 0 spiro atoms. The van der Waals surface area contributed by atoms with Gasteiger partial charge in [0.05, 0.1) is 12.1 Å². The van der Waals surface area contributed by atoms with Crippen LogP contribution in [0, 0.1) is 0 Å². The van der Waals surface area contributed by atoms with Gasteiger partial charge in [0.15, 0.2) is 0 Å². The van der Waals surface area contributed by atoms with E-state index in [1.54, 1.807) is 7.11 Å². The molecule has 2 aromatic rings. The van der Waals surface area contributed by atoms with Crippen LogP contribution in [0.25, 0.3) is 0 Å². The Morgan fingerprint density at radius 1 is 1.19 bits per heavy atom. The summed E-state index contributed by atoms with van der Waals surface area (Å²) < 4.78 is 5.75. The van der Waals surface area contributed by atoms with Crippen LogP contribution in [0.3, 0.4) is 0 Å². The monoisotopic (exact) mass is 481 g/mol. The highest BCUT2D eigenvalue weighted by Gasteiger charge is 2.39. The quantitative estimate of drug-likeness (QED) is 0.575. The third-order valence-corrected chi connectivity index (χ3v) is 7.23. The Morgan fingerprint density at radius 2 is 1.90 bits per heavy atom. The van der Waals surface area contributed by atoms with Crippen molar-refractivity contribution in [2.45, 2.75) is 50.7 Å². The third-order valence-electron chi connectivity index (χ3n) is 6.44. The second-order valence-corrected chi connectivity index (χ2v) is 9.03. The summed E-state index contributed by atoms with van der Waals surface area (Å²) in [5, 5.41) is 7.51. The van der Waals surface area contributed by atoms with Crippen LogP contribution in [0.15, 0.2) is 42.5 Å². The van der Waals surface area contributed by atoms with E-state index in [0.29, 0.717) is 12.1 Å². The Hall–Kier alpha value is -1.37. The number of nitrogens with one attached hydrogen (secondary N) is 2. The number of rotatable bonds is 5. The largest absolute Gasteiger partial charge is 0.496 e. The van der Waals surface area contributed by atoms with Crippen LogP contribution in [-0.4, -0.2) is 31.7 Å². The lowest BCUT2D eigenvalue weighted by Gasteiger charge is -2.34. The lowest BCUT2D eigenvalue weighted by molar-refractivity contribution is 0.303. The fraction of sp³-hybridized carbons (Fsp3) is 0.458. The van der Waals surface area contributed by atoms with Gasteiger partial charge in [0.25, 0.3) is 0 Å². The average Bonchev–Trinajstić information content (AvgIpc) is 2.92. The van der Waals surface area contributed by atoms with Gasteiger partial charge in [0.2, 0.25) is 0 Å².